The molecule has 0 aliphatic carbocycles. The fourth-order valence-electron chi connectivity index (χ4n) is 6.49. The Labute approximate surface area is 241 Å². The number of rotatable bonds is 5. The zero-order valence-corrected chi connectivity index (χ0v) is 24.1. The number of fused-ring (bicyclic) bond motifs is 3. The lowest BCUT2D eigenvalue weighted by Gasteiger charge is -2.46. The number of anilines is 5. The summed E-state index contributed by atoms with van der Waals surface area (Å²) in [5, 5.41) is 6.98. The number of hydrogen-bond donors (Lipinski definition) is 2. The van der Waals surface area contributed by atoms with Crippen LogP contribution in [0.3, 0.4) is 0 Å². The molecule has 2 aromatic heterocycles. The highest BCUT2D eigenvalue weighted by Crippen LogP contribution is 2.53. The van der Waals surface area contributed by atoms with E-state index in [1.165, 1.54) is 5.69 Å². The molecule has 4 aliphatic heterocycles. The van der Waals surface area contributed by atoms with Crippen molar-refractivity contribution in [2.45, 2.75) is 50.3 Å². The van der Waals surface area contributed by atoms with Gasteiger partial charge in [0.15, 0.2) is 0 Å². The van der Waals surface area contributed by atoms with Crippen LogP contribution in [0, 0.1) is 0 Å². The van der Waals surface area contributed by atoms with E-state index < -0.39 is 0 Å². The van der Waals surface area contributed by atoms with E-state index in [2.05, 4.69) is 83.7 Å². The third-order valence-corrected chi connectivity index (χ3v) is 8.89. The molecule has 1 aromatic carbocycles. The molecule has 7 rings (SSSR count). The molecule has 3 fully saturated rings. The van der Waals surface area contributed by atoms with E-state index in [0.29, 0.717) is 19.2 Å². The molecular weight excluding hydrogens is 518 g/mol. The van der Waals surface area contributed by atoms with Gasteiger partial charge in [0, 0.05) is 48.2 Å². The number of morpholine rings is 2. The summed E-state index contributed by atoms with van der Waals surface area (Å²) in [7, 11) is 0. The van der Waals surface area contributed by atoms with Crippen LogP contribution in [0.15, 0.2) is 48.7 Å². The van der Waals surface area contributed by atoms with E-state index >= 15 is 0 Å². The van der Waals surface area contributed by atoms with Gasteiger partial charge in [0.25, 0.3) is 0 Å². The average Bonchev–Trinajstić information content (AvgIpc) is 3.25. The van der Waals surface area contributed by atoms with E-state index in [0.717, 1.165) is 74.5 Å². The van der Waals surface area contributed by atoms with Crippen LogP contribution >= 0.6 is 0 Å². The van der Waals surface area contributed by atoms with Gasteiger partial charge in [0.2, 0.25) is 5.95 Å². The van der Waals surface area contributed by atoms with Crippen molar-refractivity contribution < 1.29 is 14.2 Å². The van der Waals surface area contributed by atoms with Crippen LogP contribution in [-0.2, 0) is 19.6 Å². The molecular formula is C31H39N7O3. The molecule has 41 heavy (non-hydrogen) atoms. The largest absolute Gasteiger partial charge is 0.378 e. The normalized spacial score (nSPS) is 27.3. The molecule has 6 heterocycles. The van der Waals surface area contributed by atoms with Gasteiger partial charge in [-0.2, -0.15) is 4.98 Å². The van der Waals surface area contributed by atoms with Gasteiger partial charge < -0.3 is 34.6 Å². The van der Waals surface area contributed by atoms with Crippen LogP contribution in [-0.4, -0.2) is 79.3 Å². The minimum Gasteiger partial charge on any atom is -0.378 e. The molecule has 3 atom stereocenters. The molecule has 0 bridgehead atoms. The topological polar surface area (TPSA) is 96.9 Å². The lowest BCUT2D eigenvalue weighted by Crippen LogP contribution is -2.54. The Bertz CT molecular complexity index is 1390. The first kappa shape index (κ1) is 26.6. The Kier molecular flexibility index (Phi) is 6.81. The molecule has 10 heteroatoms. The van der Waals surface area contributed by atoms with Crippen molar-refractivity contribution in [1.82, 2.24) is 20.3 Å². The van der Waals surface area contributed by atoms with Crippen molar-refractivity contribution in [2.75, 3.05) is 67.8 Å². The molecule has 216 valence electrons. The smallest absolute Gasteiger partial charge is 0.229 e. The summed E-state index contributed by atoms with van der Waals surface area (Å²) in [6, 6.07) is 14.9. The van der Waals surface area contributed by atoms with Gasteiger partial charge >= 0.3 is 0 Å². The van der Waals surface area contributed by atoms with E-state index in [4.69, 9.17) is 29.2 Å². The summed E-state index contributed by atoms with van der Waals surface area (Å²) < 4.78 is 17.6. The Hall–Kier alpha value is -3.31. The number of aromatic nitrogens is 3. The predicted molar refractivity (Wildman–Crippen MR) is 159 cm³/mol. The molecule has 0 radical (unpaired) electrons. The van der Waals surface area contributed by atoms with Crippen molar-refractivity contribution in [3.8, 4) is 0 Å². The van der Waals surface area contributed by atoms with Gasteiger partial charge in [-0.15, -0.1) is 0 Å². The van der Waals surface area contributed by atoms with Crippen molar-refractivity contribution in [3.63, 3.8) is 0 Å². The standard InChI is InChI=1S/C31H39N7O3/c1-30(2)17-26-31(3,20-41-30)23-18-33-29(34-21-7-9-22(10-8-21)37-12-15-39-16-13-37)36-28(23)38(26)27-6-4-5-24(35-27)25-19-40-14-11-32-25/h4-10,18,25-26,32H,11-17,19-20H2,1-3H3,(H,33,34,36)/t25-,26+,31+/m0/s1. The second kappa shape index (κ2) is 10.5. The van der Waals surface area contributed by atoms with Crippen molar-refractivity contribution in [3.05, 3.63) is 59.9 Å². The number of nitrogens with zero attached hydrogens (tertiary/aromatic N) is 5. The summed E-state index contributed by atoms with van der Waals surface area (Å²) in [5.74, 6) is 2.34. The van der Waals surface area contributed by atoms with Gasteiger partial charge in [-0.25, -0.2) is 9.97 Å². The number of pyridine rings is 1. The fraction of sp³-hybridized carbons (Fsp3) is 0.516. The van der Waals surface area contributed by atoms with Crippen molar-refractivity contribution >= 4 is 29.0 Å². The van der Waals surface area contributed by atoms with Gasteiger partial charge in [-0.1, -0.05) is 13.0 Å². The Balaban J connectivity index is 1.22. The first-order valence-corrected chi connectivity index (χ1v) is 14.7. The summed E-state index contributed by atoms with van der Waals surface area (Å²) >= 11 is 0. The fourth-order valence-corrected chi connectivity index (χ4v) is 6.49. The highest BCUT2D eigenvalue weighted by Gasteiger charge is 2.55. The Morgan fingerprint density at radius 2 is 1.80 bits per heavy atom. The summed E-state index contributed by atoms with van der Waals surface area (Å²) in [5.41, 5.74) is 3.71. The maximum Gasteiger partial charge on any atom is 0.229 e. The molecule has 2 N–H and O–H groups in total. The maximum atomic E-state index is 6.37. The molecule has 0 saturated carbocycles. The summed E-state index contributed by atoms with van der Waals surface area (Å²) in [4.78, 5) is 19.7. The highest BCUT2D eigenvalue weighted by molar-refractivity contribution is 5.71. The number of ether oxygens (including phenoxy) is 3. The third kappa shape index (κ3) is 5.03. The average molecular weight is 558 g/mol. The first-order valence-electron chi connectivity index (χ1n) is 14.7. The van der Waals surface area contributed by atoms with E-state index in [-0.39, 0.29) is 23.1 Å². The SMILES string of the molecule is CC1(C)C[C@H]2N(c3cccc([C@@H]4COCCN4)n3)c3nc(Nc4ccc(N5CCOCC5)cc4)ncc3[C@@]2(C)CO1. The van der Waals surface area contributed by atoms with Crippen molar-refractivity contribution in [2.24, 2.45) is 0 Å². The van der Waals surface area contributed by atoms with Crippen LogP contribution in [0.2, 0.25) is 0 Å². The zero-order valence-electron chi connectivity index (χ0n) is 24.1. The minimum absolute atomic E-state index is 0.0753. The van der Waals surface area contributed by atoms with E-state index in [9.17, 15) is 0 Å². The monoisotopic (exact) mass is 557 g/mol. The lowest BCUT2D eigenvalue weighted by atomic mass is 9.73. The summed E-state index contributed by atoms with van der Waals surface area (Å²) in [6.07, 6.45) is 2.82. The van der Waals surface area contributed by atoms with Gasteiger partial charge in [-0.05, 0) is 56.7 Å². The number of nitrogens with one attached hydrogen (secondary N) is 2. The molecule has 4 aliphatic rings. The van der Waals surface area contributed by atoms with Crippen LogP contribution in [0.1, 0.15) is 44.5 Å². The molecule has 3 saturated heterocycles. The Morgan fingerprint density at radius 1 is 0.976 bits per heavy atom. The minimum atomic E-state index is -0.257. The maximum absolute atomic E-state index is 6.37. The van der Waals surface area contributed by atoms with E-state index in [1.54, 1.807) is 0 Å². The van der Waals surface area contributed by atoms with Gasteiger partial charge in [-0.3, -0.25) is 0 Å². The highest BCUT2D eigenvalue weighted by atomic mass is 16.5. The lowest BCUT2D eigenvalue weighted by molar-refractivity contribution is -0.0893. The molecule has 10 nitrogen and oxygen atoms in total. The Morgan fingerprint density at radius 3 is 2.59 bits per heavy atom. The summed E-state index contributed by atoms with van der Waals surface area (Å²) in [6.45, 7) is 12.7. The predicted octanol–water partition coefficient (Wildman–Crippen LogP) is 4.09. The van der Waals surface area contributed by atoms with Crippen LogP contribution in [0.4, 0.5) is 29.0 Å². The second-order valence-corrected chi connectivity index (χ2v) is 12.3. The quantitative estimate of drug-likeness (QED) is 0.478. The van der Waals surface area contributed by atoms with E-state index in [1.807, 2.05) is 6.20 Å². The number of benzene rings is 1. The second-order valence-electron chi connectivity index (χ2n) is 12.3. The molecule has 0 spiro atoms. The molecule has 3 aromatic rings. The van der Waals surface area contributed by atoms with Gasteiger partial charge in [0.05, 0.1) is 56.4 Å². The van der Waals surface area contributed by atoms with Crippen LogP contribution in [0.25, 0.3) is 0 Å². The third-order valence-electron chi connectivity index (χ3n) is 8.89. The first-order chi connectivity index (χ1) is 19.9. The van der Waals surface area contributed by atoms with Crippen LogP contribution < -0.4 is 20.4 Å². The van der Waals surface area contributed by atoms with Crippen molar-refractivity contribution in [1.29, 1.82) is 0 Å². The van der Waals surface area contributed by atoms with Crippen LogP contribution in [0.5, 0.6) is 0 Å². The number of hydrogen-bond acceptors (Lipinski definition) is 10. The molecule has 0 unspecified atom stereocenters. The molecule has 0 amide bonds. The zero-order chi connectivity index (χ0) is 28.0. The van der Waals surface area contributed by atoms with Gasteiger partial charge in [0.1, 0.15) is 11.6 Å².